The summed E-state index contributed by atoms with van der Waals surface area (Å²) in [6.45, 7) is 0.375. The van der Waals surface area contributed by atoms with Crippen molar-refractivity contribution in [2.24, 2.45) is 14.1 Å². The first-order valence-corrected chi connectivity index (χ1v) is 9.82. The summed E-state index contributed by atoms with van der Waals surface area (Å²) >= 11 is 6.36. The fourth-order valence-electron chi connectivity index (χ4n) is 3.79. The molecule has 0 saturated carbocycles. The summed E-state index contributed by atoms with van der Waals surface area (Å²) in [6.07, 6.45) is 3.42. The molecule has 0 fully saturated rings. The van der Waals surface area contributed by atoms with E-state index in [0.717, 1.165) is 15.8 Å². The van der Waals surface area contributed by atoms with E-state index >= 15 is 0 Å². The van der Waals surface area contributed by atoms with Crippen LogP contribution in [0.25, 0.3) is 28.2 Å². The number of nitrogens with zero attached hydrogens (tertiary/aromatic N) is 5. The van der Waals surface area contributed by atoms with Gasteiger partial charge >= 0.3 is 5.69 Å². The highest BCUT2D eigenvalue weighted by atomic mass is 35.5. The molecule has 0 bridgehead atoms. The van der Waals surface area contributed by atoms with Crippen LogP contribution in [0.5, 0.6) is 5.75 Å². The molecule has 0 radical (unpaired) electrons. The van der Waals surface area contributed by atoms with Crippen LogP contribution in [-0.2, 0) is 20.6 Å². The lowest BCUT2D eigenvalue weighted by atomic mass is 10.1. The van der Waals surface area contributed by atoms with Crippen LogP contribution in [0.1, 0.15) is 5.76 Å². The molecule has 0 aliphatic rings. The second-order valence-electron chi connectivity index (χ2n) is 7.19. The van der Waals surface area contributed by atoms with Crippen molar-refractivity contribution in [3.05, 3.63) is 74.4 Å². The average molecular weight is 440 g/mol. The number of ether oxygens (including phenoxy) is 1. The number of hydrogen-bond acceptors (Lipinski definition) is 5. The molecule has 158 valence electrons. The van der Waals surface area contributed by atoms with Gasteiger partial charge in [-0.1, -0.05) is 11.6 Å². The summed E-state index contributed by atoms with van der Waals surface area (Å²) in [5, 5.41) is 0.464. The SMILES string of the molecule is COc1ccc(-c2cn3c4c(=O)n(C)c(=O)n(C)c4nc3n2Cc2ccco2)cc1Cl. The average Bonchev–Trinajstić information content (AvgIpc) is 3.47. The molecule has 0 spiro atoms. The maximum absolute atomic E-state index is 12.9. The van der Waals surface area contributed by atoms with Gasteiger partial charge in [0.25, 0.3) is 5.56 Å². The monoisotopic (exact) mass is 439 g/mol. The number of hydrogen-bond donors (Lipinski definition) is 0. The van der Waals surface area contributed by atoms with E-state index in [-0.39, 0.29) is 0 Å². The smallest absolute Gasteiger partial charge is 0.332 e. The van der Waals surface area contributed by atoms with Crippen LogP contribution in [-0.4, -0.2) is 30.2 Å². The molecule has 4 heterocycles. The fraction of sp³-hybridized carbons (Fsp3) is 0.190. The van der Waals surface area contributed by atoms with Gasteiger partial charge in [-0.2, -0.15) is 4.98 Å². The van der Waals surface area contributed by atoms with Crippen LogP contribution in [0.3, 0.4) is 0 Å². The Balaban J connectivity index is 1.86. The predicted octanol–water partition coefficient (Wildman–Crippen LogP) is 2.66. The number of methoxy groups -OCH3 is 1. The molecule has 0 aliphatic carbocycles. The molecule has 0 N–H and O–H groups in total. The summed E-state index contributed by atoms with van der Waals surface area (Å²) in [6, 6.07) is 9.13. The summed E-state index contributed by atoms with van der Waals surface area (Å²) < 4.78 is 16.9. The van der Waals surface area contributed by atoms with E-state index in [1.54, 1.807) is 37.0 Å². The van der Waals surface area contributed by atoms with Gasteiger partial charge in [0.2, 0.25) is 5.78 Å². The minimum atomic E-state index is -0.432. The van der Waals surface area contributed by atoms with E-state index in [9.17, 15) is 9.59 Å². The zero-order valence-corrected chi connectivity index (χ0v) is 17.8. The second-order valence-corrected chi connectivity index (χ2v) is 7.60. The van der Waals surface area contributed by atoms with Gasteiger partial charge in [0, 0.05) is 25.9 Å². The van der Waals surface area contributed by atoms with Crippen LogP contribution in [0.2, 0.25) is 5.02 Å². The number of halogens is 1. The largest absolute Gasteiger partial charge is 0.495 e. The van der Waals surface area contributed by atoms with Crippen molar-refractivity contribution in [1.82, 2.24) is 23.1 Å². The Kier molecular flexibility index (Phi) is 4.30. The van der Waals surface area contributed by atoms with Crippen molar-refractivity contribution in [2.45, 2.75) is 6.54 Å². The number of furan rings is 1. The molecule has 0 aliphatic heterocycles. The first kappa shape index (κ1) is 19.3. The van der Waals surface area contributed by atoms with Crippen molar-refractivity contribution in [1.29, 1.82) is 0 Å². The second kappa shape index (κ2) is 6.92. The maximum Gasteiger partial charge on any atom is 0.332 e. The molecule has 0 atom stereocenters. The standard InChI is InChI=1S/C21H18ClN5O4/c1-24-18-17(19(28)25(2)21(24)29)27-11-15(12-6-7-16(30-3)14(22)9-12)26(20(27)23-18)10-13-5-4-8-31-13/h4-9,11H,10H2,1-3H3. The molecule has 0 saturated heterocycles. The summed E-state index contributed by atoms with van der Waals surface area (Å²) in [5.41, 5.74) is 1.38. The number of aromatic nitrogens is 5. The minimum absolute atomic E-state index is 0.315. The maximum atomic E-state index is 12.9. The van der Waals surface area contributed by atoms with Gasteiger partial charge < -0.3 is 13.7 Å². The Bertz CT molecular complexity index is 1570. The molecule has 10 heteroatoms. The number of aryl methyl sites for hydroxylation is 1. The number of fused-ring (bicyclic) bond motifs is 3. The van der Waals surface area contributed by atoms with Gasteiger partial charge in [0.15, 0.2) is 11.2 Å². The molecule has 9 nitrogen and oxygen atoms in total. The van der Waals surface area contributed by atoms with E-state index < -0.39 is 11.2 Å². The third-order valence-electron chi connectivity index (χ3n) is 5.40. The minimum Gasteiger partial charge on any atom is -0.495 e. The van der Waals surface area contributed by atoms with Gasteiger partial charge in [0.1, 0.15) is 11.5 Å². The van der Waals surface area contributed by atoms with Gasteiger partial charge in [-0.3, -0.25) is 18.3 Å². The first-order chi connectivity index (χ1) is 14.9. The van der Waals surface area contributed by atoms with Crippen LogP contribution in [0, 0.1) is 0 Å². The van der Waals surface area contributed by atoms with Crippen LogP contribution in [0.15, 0.2) is 56.8 Å². The number of benzene rings is 1. The molecular formula is C21H18ClN5O4. The molecule has 5 rings (SSSR count). The molecule has 4 aromatic heterocycles. The summed E-state index contributed by atoms with van der Waals surface area (Å²) in [4.78, 5) is 29.9. The topological polar surface area (TPSA) is 88.6 Å². The molecule has 0 amide bonds. The normalized spacial score (nSPS) is 11.6. The zero-order chi connectivity index (χ0) is 21.9. The van der Waals surface area contributed by atoms with Gasteiger partial charge in [-0.05, 0) is 30.3 Å². The Labute approximate surface area is 180 Å². The highest BCUT2D eigenvalue weighted by Crippen LogP contribution is 2.32. The van der Waals surface area contributed by atoms with Crippen molar-refractivity contribution < 1.29 is 9.15 Å². The van der Waals surface area contributed by atoms with Crippen LogP contribution in [0.4, 0.5) is 0 Å². The Hall–Kier alpha value is -3.72. The van der Waals surface area contributed by atoms with Gasteiger partial charge in [-0.25, -0.2) is 4.79 Å². The first-order valence-electron chi connectivity index (χ1n) is 9.44. The van der Waals surface area contributed by atoms with Crippen molar-refractivity contribution >= 4 is 28.5 Å². The Morgan fingerprint density at radius 1 is 1.16 bits per heavy atom. The van der Waals surface area contributed by atoms with Crippen molar-refractivity contribution in [3.63, 3.8) is 0 Å². The van der Waals surface area contributed by atoms with Crippen molar-refractivity contribution in [3.8, 4) is 17.0 Å². The highest BCUT2D eigenvalue weighted by molar-refractivity contribution is 6.32. The molecule has 31 heavy (non-hydrogen) atoms. The van der Waals surface area contributed by atoms with Gasteiger partial charge in [0.05, 0.1) is 30.6 Å². The van der Waals surface area contributed by atoms with E-state index in [4.69, 9.17) is 20.8 Å². The Morgan fingerprint density at radius 3 is 2.65 bits per heavy atom. The lowest BCUT2D eigenvalue weighted by molar-refractivity contribution is 0.415. The van der Waals surface area contributed by atoms with Crippen LogP contribution < -0.4 is 16.0 Å². The van der Waals surface area contributed by atoms with E-state index in [2.05, 4.69) is 4.98 Å². The third kappa shape index (κ3) is 2.81. The molecule has 1 aromatic carbocycles. The molecular weight excluding hydrogens is 422 g/mol. The highest BCUT2D eigenvalue weighted by Gasteiger charge is 2.21. The quantitative estimate of drug-likeness (QED) is 0.429. The van der Waals surface area contributed by atoms with E-state index in [1.165, 1.54) is 11.6 Å². The van der Waals surface area contributed by atoms with E-state index in [1.807, 2.05) is 29.0 Å². The summed E-state index contributed by atoms with van der Waals surface area (Å²) in [5.74, 6) is 1.79. The zero-order valence-electron chi connectivity index (χ0n) is 17.0. The summed E-state index contributed by atoms with van der Waals surface area (Å²) in [7, 11) is 4.60. The molecule has 0 unspecified atom stereocenters. The Morgan fingerprint density at radius 2 is 1.97 bits per heavy atom. The number of imidazole rings is 2. The van der Waals surface area contributed by atoms with E-state index in [0.29, 0.717) is 40.0 Å². The predicted molar refractivity (Wildman–Crippen MR) is 116 cm³/mol. The van der Waals surface area contributed by atoms with Gasteiger partial charge in [-0.15, -0.1) is 0 Å². The van der Waals surface area contributed by atoms with Crippen molar-refractivity contribution in [2.75, 3.05) is 7.11 Å². The third-order valence-corrected chi connectivity index (χ3v) is 5.69. The van der Waals surface area contributed by atoms with Crippen LogP contribution >= 0.6 is 11.6 Å². The number of rotatable bonds is 4. The lowest BCUT2D eigenvalue weighted by Gasteiger charge is -2.09. The fourth-order valence-corrected chi connectivity index (χ4v) is 4.04. The molecule has 5 aromatic rings. The lowest BCUT2D eigenvalue weighted by Crippen LogP contribution is -2.37.